The molecule has 0 unspecified atom stereocenters. The van der Waals surface area contributed by atoms with Gasteiger partial charge >= 0.3 is 0 Å². The Balaban J connectivity index is 1.43. The molecule has 10 nitrogen and oxygen atoms in total. The summed E-state index contributed by atoms with van der Waals surface area (Å²) in [7, 11) is -3.48. The van der Waals surface area contributed by atoms with Crippen molar-refractivity contribution in [3.63, 3.8) is 0 Å². The molecule has 0 saturated carbocycles. The zero-order chi connectivity index (χ0) is 31.4. The molecule has 232 valence electrons. The highest BCUT2D eigenvalue weighted by atomic mass is 32.2. The summed E-state index contributed by atoms with van der Waals surface area (Å²) in [5, 5.41) is 3.94. The van der Waals surface area contributed by atoms with Crippen LogP contribution in [-0.2, 0) is 14.6 Å². The van der Waals surface area contributed by atoms with Crippen molar-refractivity contribution < 1.29 is 17.9 Å². The zero-order valence-corrected chi connectivity index (χ0v) is 26.5. The fraction of sp³-hybridized carbons (Fsp3) is 0.394. The SMILES string of the molecule is Cc1ccc(C(=O)N[C@@H](CCCCN)c2cc3nc(-c4cccc(N5C[C@@H](C)O[C@@H](C)C5)n4)ccc3cn2)cc1S(C)(=O)=O. The highest BCUT2D eigenvalue weighted by Crippen LogP contribution is 2.27. The van der Waals surface area contributed by atoms with Gasteiger partial charge in [0.25, 0.3) is 5.91 Å². The number of fused-ring (bicyclic) bond motifs is 1. The molecule has 3 atom stereocenters. The van der Waals surface area contributed by atoms with Gasteiger partial charge in [-0.3, -0.25) is 9.78 Å². The quantitative estimate of drug-likeness (QED) is 0.244. The summed E-state index contributed by atoms with van der Waals surface area (Å²) in [6.07, 6.45) is 5.35. The van der Waals surface area contributed by atoms with E-state index in [1.807, 2.05) is 36.4 Å². The number of amides is 1. The first-order valence-corrected chi connectivity index (χ1v) is 16.9. The summed E-state index contributed by atoms with van der Waals surface area (Å²) in [4.78, 5) is 30.3. The Kier molecular flexibility index (Phi) is 9.57. The first-order valence-electron chi connectivity index (χ1n) is 15.0. The van der Waals surface area contributed by atoms with Gasteiger partial charge in [0.15, 0.2) is 9.84 Å². The number of pyridine rings is 3. The number of benzene rings is 1. The average Bonchev–Trinajstić information content (AvgIpc) is 2.99. The van der Waals surface area contributed by atoms with Crippen LogP contribution in [0.2, 0.25) is 0 Å². The second-order valence-corrected chi connectivity index (χ2v) is 13.6. The molecule has 5 rings (SSSR count). The fourth-order valence-electron chi connectivity index (χ4n) is 5.64. The largest absolute Gasteiger partial charge is 0.372 e. The van der Waals surface area contributed by atoms with E-state index in [1.165, 1.54) is 6.07 Å². The molecular weight excluding hydrogens is 576 g/mol. The van der Waals surface area contributed by atoms with Gasteiger partial charge in [-0.05, 0) is 94.6 Å². The van der Waals surface area contributed by atoms with Crippen molar-refractivity contribution in [2.45, 2.75) is 63.2 Å². The lowest BCUT2D eigenvalue weighted by atomic mass is 10.0. The monoisotopic (exact) mass is 616 g/mol. The van der Waals surface area contributed by atoms with Gasteiger partial charge < -0.3 is 20.7 Å². The molecule has 1 aromatic carbocycles. The van der Waals surface area contributed by atoms with E-state index < -0.39 is 15.9 Å². The van der Waals surface area contributed by atoms with Crippen molar-refractivity contribution in [2.75, 3.05) is 30.8 Å². The van der Waals surface area contributed by atoms with Crippen LogP contribution in [0.4, 0.5) is 5.82 Å². The van der Waals surface area contributed by atoms with Gasteiger partial charge in [0.2, 0.25) is 0 Å². The molecule has 0 spiro atoms. The van der Waals surface area contributed by atoms with Crippen LogP contribution in [-0.4, -0.2) is 67.4 Å². The Bertz CT molecular complexity index is 1750. The first-order chi connectivity index (χ1) is 21.0. The van der Waals surface area contributed by atoms with Gasteiger partial charge in [0.05, 0.1) is 45.7 Å². The van der Waals surface area contributed by atoms with Crippen molar-refractivity contribution >= 4 is 32.5 Å². The van der Waals surface area contributed by atoms with E-state index in [4.69, 9.17) is 20.4 Å². The lowest BCUT2D eigenvalue weighted by Gasteiger charge is -2.36. The summed E-state index contributed by atoms with van der Waals surface area (Å²) in [6, 6.07) is 16.1. The van der Waals surface area contributed by atoms with Crippen LogP contribution < -0.4 is 16.0 Å². The van der Waals surface area contributed by atoms with Gasteiger partial charge in [0.1, 0.15) is 5.82 Å². The topological polar surface area (TPSA) is 140 Å². The minimum atomic E-state index is -3.48. The minimum Gasteiger partial charge on any atom is -0.372 e. The van der Waals surface area contributed by atoms with Crippen LogP contribution in [0, 0.1) is 6.92 Å². The molecule has 0 bridgehead atoms. The second-order valence-electron chi connectivity index (χ2n) is 11.6. The molecule has 4 heterocycles. The van der Waals surface area contributed by atoms with E-state index in [1.54, 1.807) is 25.3 Å². The van der Waals surface area contributed by atoms with Crippen LogP contribution in [0.1, 0.15) is 60.8 Å². The molecule has 1 fully saturated rings. The number of nitrogens with two attached hydrogens (primary N) is 1. The van der Waals surface area contributed by atoms with Crippen molar-refractivity contribution in [1.82, 2.24) is 20.3 Å². The van der Waals surface area contributed by atoms with Crippen LogP contribution in [0.15, 0.2) is 65.7 Å². The van der Waals surface area contributed by atoms with E-state index in [0.29, 0.717) is 24.2 Å². The van der Waals surface area contributed by atoms with E-state index in [0.717, 1.165) is 60.3 Å². The number of hydrogen-bond acceptors (Lipinski definition) is 9. The van der Waals surface area contributed by atoms with Gasteiger partial charge in [-0.15, -0.1) is 0 Å². The van der Waals surface area contributed by atoms with Crippen molar-refractivity contribution in [3.8, 4) is 11.4 Å². The predicted molar refractivity (Wildman–Crippen MR) is 172 cm³/mol. The van der Waals surface area contributed by atoms with Crippen LogP contribution in [0.3, 0.4) is 0 Å². The summed E-state index contributed by atoms with van der Waals surface area (Å²) in [5.74, 6) is 0.517. The Labute approximate surface area is 259 Å². The number of morpholine rings is 1. The number of aryl methyl sites for hydroxylation is 1. The number of carbonyl (C=O) groups is 1. The standard InChI is InChI=1S/C33H40N6O4S/c1-21-11-12-24(16-31(21)44(4,41)42)33(40)38-27(8-5-6-15-34)30-17-29-25(18-35-30)13-14-28(36-29)26-9-7-10-32(37-26)39-19-22(2)43-23(3)20-39/h7,9-14,16-18,22-23,27H,5-6,8,15,19-20,34H2,1-4H3,(H,38,40)/t22-,23+,27-/m0/s1. The molecular formula is C33H40N6O4S. The van der Waals surface area contributed by atoms with E-state index >= 15 is 0 Å². The van der Waals surface area contributed by atoms with Gasteiger partial charge in [-0.1, -0.05) is 12.1 Å². The molecule has 0 aliphatic carbocycles. The Morgan fingerprint density at radius 3 is 2.52 bits per heavy atom. The molecule has 44 heavy (non-hydrogen) atoms. The summed E-state index contributed by atoms with van der Waals surface area (Å²) in [6.45, 7) is 7.95. The number of nitrogens with zero attached hydrogens (tertiary/aromatic N) is 4. The number of nitrogens with one attached hydrogen (secondary N) is 1. The van der Waals surface area contributed by atoms with Crippen molar-refractivity contribution in [1.29, 1.82) is 0 Å². The van der Waals surface area contributed by atoms with Crippen LogP contribution in [0.25, 0.3) is 22.3 Å². The minimum absolute atomic E-state index is 0.125. The van der Waals surface area contributed by atoms with Gasteiger partial charge in [-0.25, -0.2) is 18.4 Å². The Hall–Kier alpha value is -3.93. The maximum atomic E-state index is 13.4. The number of sulfone groups is 1. The summed E-state index contributed by atoms with van der Waals surface area (Å²) < 4.78 is 30.4. The fourth-order valence-corrected chi connectivity index (χ4v) is 6.64. The average molecular weight is 617 g/mol. The summed E-state index contributed by atoms with van der Waals surface area (Å²) >= 11 is 0. The highest BCUT2D eigenvalue weighted by molar-refractivity contribution is 7.90. The lowest BCUT2D eigenvalue weighted by Crippen LogP contribution is -2.45. The number of ether oxygens (including phenoxy) is 1. The smallest absolute Gasteiger partial charge is 0.251 e. The number of carbonyl (C=O) groups excluding carboxylic acids is 1. The Morgan fingerprint density at radius 2 is 1.80 bits per heavy atom. The number of hydrogen-bond donors (Lipinski definition) is 2. The zero-order valence-electron chi connectivity index (χ0n) is 25.7. The molecule has 11 heteroatoms. The van der Waals surface area contributed by atoms with Gasteiger partial charge in [-0.2, -0.15) is 0 Å². The van der Waals surface area contributed by atoms with Crippen molar-refractivity contribution in [2.24, 2.45) is 5.73 Å². The molecule has 3 aromatic heterocycles. The third-order valence-electron chi connectivity index (χ3n) is 7.79. The van der Waals surface area contributed by atoms with Crippen LogP contribution in [0.5, 0.6) is 0 Å². The maximum Gasteiger partial charge on any atom is 0.251 e. The van der Waals surface area contributed by atoms with E-state index in [2.05, 4.69) is 29.0 Å². The molecule has 1 amide bonds. The first kappa shape index (κ1) is 31.5. The molecule has 4 aromatic rings. The normalized spacial score (nSPS) is 17.9. The third kappa shape index (κ3) is 7.40. The van der Waals surface area contributed by atoms with Crippen LogP contribution >= 0.6 is 0 Å². The van der Waals surface area contributed by atoms with E-state index in [9.17, 15) is 13.2 Å². The highest BCUT2D eigenvalue weighted by Gasteiger charge is 2.24. The number of rotatable bonds is 10. The second kappa shape index (κ2) is 13.4. The summed E-state index contributed by atoms with van der Waals surface area (Å²) in [5.41, 5.74) is 9.53. The maximum absolute atomic E-state index is 13.4. The third-order valence-corrected chi connectivity index (χ3v) is 9.03. The molecule has 1 aliphatic heterocycles. The predicted octanol–water partition coefficient (Wildman–Crippen LogP) is 4.62. The molecule has 3 N–H and O–H groups in total. The Morgan fingerprint density at radius 1 is 1.05 bits per heavy atom. The molecule has 1 aliphatic rings. The van der Waals surface area contributed by atoms with Gasteiger partial charge in [0, 0.05) is 36.5 Å². The number of unbranched alkanes of at least 4 members (excludes halogenated alkanes) is 1. The van der Waals surface area contributed by atoms with Crippen molar-refractivity contribution in [3.05, 3.63) is 77.6 Å². The number of aromatic nitrogens is 3. The lowest BCUT2D eigenvalue weighted by molar-refractivity contribution is -0.00545. The number of anilines is 1. The molecule has 0 radical (unpaired) electrons. The van der Waals surface area contributed by atoms with E-state index in [-0.39, 0.29) is 28.6 Å². The molecule has 1 saturated heterocycles.